The Morgan fingerprint density at radius 1 is 1.08 bits per heavy atom. The Kier molecular flexibility index (Phi) is 6.50. The van der Waals surface area contributed by atoms with Gasteiger partial charge in [-0.2, -0.15) is 18.3 Å². The summed E-state index contributed by atoms with van der Waals surface area (Å²) in [7, 11) is 0. The van der Waals surface area contributed by atoms with Gasteiger partial charge in [-0.15, -0.1) is 0 Å². The molecule has 2 fully saturated rings. The van der Waals surface area contributed by atoms with Crippen LogP contribution in [-0.2, 0) is 12.7 Å². The smallest absolute Gasteiger partial charge is 0.322 e. The number of benzene rings is 1. The van der Waals surface area contributed by atoms with Gasteiger partial charge in [0.2, 0.25) is 0 Å². The summed E-state index contributed by atoms with van der Waals surface area (Å²) in [6, 6.07) is 9.07. The van der Waals surface area contributed by atoms with Crippen molar-refractivity contribution in [2.45, 2.75) is 12.7 Å². The fourth-order valence-corrected chi connectivity index (χ4v) is 5.26. The normalized spacial score (nSPS) is 19.1. The van der Waals surface area contributed by atoms with Crippen LogP contribution in [0.4, 0.5) is 18.9 Å². The molecule has 1 aromatic carbocycles. The molecule has 0 radical (unpaired) electrons. The number of nitrogens with zero attached hydrogens (tertiary/aromatic N) is 5. The molecule has 8 nitrogen and oxygen atoms in total. The Morgan fingerprint density at radius 3 is 2.69 bits per heavy atom. The fraction of sp³-hybridized carbons (Fsp3) is 0.286. The van der Waals surface area contributed by atoms with Gasteiger partial charge in [0.15, 0.2) is 5.65 Å². The topological polar surface area (TPSA) is 87.5 Å². The van der Waals surface area contributed by atoms with Gasteiger partial charge in [0, 0.05) is 49.5 Å². The van der Waals surface area contributed by atoms with E-state index in [1.54, 1.807) is 29.0 Å². The summed E-state index contributed by atoms with van der Waals surface area (Å²) in [4.78, 5) is 23.3. The van der Waals surface area contributed by atoms with E-state index in [2.05, 4.69) is 42.4 Å². The number of carbonyl (C=O) groups is 1. The molecule has 0 saturated carbocycles. The molecule has 3 aromatic heterocycles. The number of hydrogen-bond acceptors (Lipinski definition) is 6. The molecule has 0 spiro atoms. The van der Waals surface area contributed by atoms with Crippen molar-refractivity contribution in [2.24, 2.45) is 11.8 Å². The van der Waals surface area contributed by atoms with Crippen LogP contribution in [0.2, 0.25) is 0 Å². The minimum Gasteiger partial charge on any atom is -0.322 e. The Bertz CT molecular complexity index is 1590. The molecule has 1 amide bonds. The Morgan fingerprint density at radius 2 is 1.90 bits per heavy atom. The predicted octanol–water partition coefficient (Wildman–Crippen LogP) is 3.45. The number of halogens is 3. The Labute approximate surface area is 222 Å². The van der Waals surface area contributed by atoms with Gasteiger partial charge in [-0.05, 0) is 66.7 Å². The van der Waals surface area contributed by atoms with Gasteiger partial charge in [-0.3, -0.25) is 14.7 Å². The molecule has 39 heavy (non-hydrogen) atoms. The monoisotopic (exact) mass is 531 g/mol. The molecule has 6 rings (SSSR count). The molecule has 11 heteroatoms. The van der Waals surface area contributed by atoms with Crippen molar-refractivity contribution in [2.75, 3.05) is 31.5 Å². The van der Waals surface area contributed by atoms with E-state index in [-0.39, 0.29) is 23.4 Å². The van der Waals surface area contributed by atoms with E-state index >= 15 is 0 Å². The van der Waals surface area contributed by atoms with Crippen LogP contribution in [0.25, 0.3) is 5.65 Å². The van der Waals surface area contributed by atoms with Crippen molar-refractivity contribution in [1.29, 1.82) is 0 Å². The first-order valence-corrected chi connectivity index (χ1v) is 12.5. The van der Waals surface area contributed by atoms with E-state index in [1.807, 2.05) is 0 Å². The number of fused-ring (bicyclic) bond motifs is 2. The van der Waals surface area contributed by atoms with E-state index in [4.69, 9.17) is 0 Å². The lowest BCUT2D eigenvalue weighted by atomic mass is 10.0. The van der Waals surface area contributed by atoms with Gasteiger partial charge < -0.3 is 10.6 Å². The first kappa shape index (κ1) is 25.0. The SMILES string of the molecule is O=C(Nc1ccc(CN2CC3CNCC3C2)c(C(F)(F)F)c1)c1cncc(C#Cc2cnc3cccnn23)c1. The third-order valence-corrected chi connectivity index (χ3v) is 7.15. The number of hydrogen-bond donors (Lipinski definition) is 2. The molecule has 2 aliphatic rings. The van der Waals surface area contributed by atoms with E-state index in [0.29, 0.717) is 28.7 Å². The van der Waals surface area contributed by atoms with Crippen molar-refractivity contribution >= 4 is 17.2 Å². The molecule has 2 aliphatic heterocycles. The maximum Gasteiger partial charge on any atom is 0.416 e. The number of likely N-dealkylation sites (tertiary alicyclic amines) is 1. The molecule has 198 valence electrons. The van der Waals surface area contributed by atoms with Crippen LogP contribution in [0.1, 0.15) is 32.7 Å². The van der Waals surface area contributed by atoms with Crippen molar-refractivity contribution in [3.8, 4) is 11.8 Å². The Hall–Kier alpha value is -4.27. The summed E-state index contributed by atoms with van der Waals surface area (Å²) >= 11 is 0. The molecule has 2 N–H and O–H groups in total. The molecular formula is C28H24F3N7O. The summed E-state index contributed by atoms with van der Waals surface area (Å²) in [5.74, 6) is 6.29. The highest BCUT2D eigenvalue weighted by molar-refractivity contribution is 6.04. The number of nitrogens with one attached hydrogen (secondary N) is 2. The van der Waals surface area contributed by atoms with E-state index in [9.17, 15) is 18.0 Å². The van der Waals surface area contributed by atoms with Crippen molar-refractivity contribution < 1.29 is 18.0 Å². The number of anilines is 1. The van der Waals surface area contributed by atoms with Crippen LogP contribution in [0.3, 0.4) is 0 Å². The van der Waals surface area contributed by atoms with Gasteiger partial charge in [0.1, 0.15) is 5.69 Å². The molecule has 2 unspecified atom stereocenters. The summed E-state index contributed by atoms with van der Waals surface area (Å²) in [5.41, 5.74) is 1.38. The minimum atomic E-state index is -4.54. The third kappa shape index (κ3) is 5.34. The lowest BCUT2D eigenvalue weighted by Gasteiger charge is -2.21. The van der Waals surface area contributed by atoms with Gasteiger partial charge >= 0.3 is 6.18 Å². The van der Waals surface area contributed by atoms with Crippen LogP contribution in [0, 0.1) is 23.7 Å². The second kappa shape index (κ2) is 10.1. The fourth-order valence-electron chi connectivity index (χ4n) is 5.26. The number of amides is 1. The van der Waals surface area contributed by atoms with E-state index in [0.717, 1.165) is 32.2 Å². The lowest BCUT2D eigenvalue weighted by Crippen LogP contribution is -2.26. The van der Waals surface area contributed by atoms with Crippen molar-refractivity contribution in [3.63, 3.8) is 0 Å². The number of imidazole rings is 1. The maximum atomic E-state index is 14.0. The molecular weight excluding hydrogens is 507 g/mol. The minimum absolute atomic E-state index is 0.0619. The van der Waals surface area contributed by atoms with Crippen LogP contribution in [0.5, 0.6) is 0 Å². The van der Waals surface area contributed by atoms with Gasteiger partial charge in [-0.25, -0.2) is 9.50 Å². The zero-order valence-corrected chi connectivity index (χ0v) is 20.7. The molecule has 2 atom stereocenters. The van der Waals surface area contributed by atoms with Crippen LogP contribution >= 0.6 is 0 Å². The number of alkyl halides is 3. The van der Waals surface area contributed by atoms with Crippen molar-refractivity contribution in [3.05, 3.63) is 89.1 Å². The second-order valence-electron chi connectivity index (χ2n) is 9.85. The number of carbonyl (C=O) groups excluding carboxylic acids is 1. The molecule has 5 heterocycles. The predicted molar refractivity (Wildman–Crippen MR) is 138 cm³/mol. The van der Waals surface area contributed by atoms with Crippen molar-refractivity contribution in [1.82, 2.24) is 29.8 Å². The lowest BCUT2D eigenvalue weighted by molar-refractivity contribution is -0.138. The molecule has 2 saturated heterocycles. The first-order chi connectivity index (χ1) is 18.8. The molecule has 0 aliphatic carbocycles. The largest absolute Gasteiger partial charge is 0.416 e. The van der Waals surface area contributed by atoms with Gasteiger partial charge in [-0.1, -0.05) is 12.0 Å². The molecule has 0 bridgehead atoms. The quantitative estimate of drug-likeness (QED) is 0.393. The standard InChI is InChI=1S/C28H24F3N7O/c29-28(30,31)25-9-23(5-4-19(25)15-37-16-21-12-33-13-22(21)17-37)36-27(39)20-8-18(10-32-11-20)3-6-24-14-34-26-2-1-7-35-38(24)26/h1-2,4-5,7-11,14,21-22,33H,12-13,15-17H2,(H,36,39). The van der Waals surface area contributed by atoms with Crippen LogP contribution in [-0.4, -0.2) is 56.6 Å². The maximum absolute atomic E-state index is 14.0. The highest BCUT2D eigenvalue weighted by Crippen LogP contribution is 2.36. The zero-order chi connectivity index (χ0) is 27.0. The number of aromatic nitrogens is 4. The Balaban J connectivity index is 1.18. The summed E-state index contributed by atoms with van der Waals surface area (Å²) < 4.78 is 43.5. The molecule has 4 aromatic rings. The van der Waals surface area contributed by atoms with Crippen LogP contribution in [0.15, 0.2) is 61.2 Å². The first-order valence-electron chi connectivity index (χ1n) is 12.5. The average molecular weight is 532 g/mol. The highest BCUT2D eigenvalue weighted by Gasteiger charge is 2.38. The van der Waals surface area contributed by atoms with Crippen LogP contribution < -0.4 is 10.6 Å². The van der Waals surface area contributed by atoms with Gasteiger partial charge in [0.25, 0.3) is 5.91 Å². The van der Waals surface area contributed by atoms with E-state index in [1.165, 1.54) is 30.6 Å². The average Bonchev–Trinajstić information content (AvgIpc) is 3.63. The highest BCUT2D eigenvalue weighted by atomic mass is 19.4. The summed E-state index contributed by atoms with van der Waals surface area (Å²) in [6.45, 7) is 3.62. The zero-order valence-electron chi connectivity index (χ0n) is 20.7. The third-order valence-electron chi connectivity index (χ3n) is 7.15. The van der Waals surface area contributed by atoms with Gasteiger partial charge in [0.05, 0.1) is 17.3 Å². The second-order valence-corrected chi connectivity index (χ2v) is 9.85. The number of pyridine rings is 1. The summed E-state index contributed by atoms with van der Waals surface area (Å²) in [5, 5.41) is 10.1. The number of rotatable bonds is 4. The van der Waals surface area contributed by atoms with E-state index < -0.39 is 17.6 Å². The summed E-state index contributed by atoms with van der Waals surface area (Å²) in [6.07, 6.45) is 1.51.